The van der Waals surface area contributed by atoms with Gasteiger partial charge in [-0.05, 0) is 70.7 Å². The van der Waals surface area contributed by atoms with Crippen LogP contribution in [0.5, 0.6) is 5.75 Å². The molecule has 2 rings (SSSR count). The van der Waals surface area contributed by atoms with Gasteiger partial charge in [0.2, 0.25) is 0 Å². The van der Waals surface area contributed by atoms with E-state index in [-0.39, 0.29) is 0 Å². The lowest BCUT2D eigenvalue weighted by Crippen LogP contribution is -2.06. The smallest absolute Gasteiger partial charge is 0.122 e. The minimum Gasteiger partial charge on any atom is -0.496 e. The molecule has 4 heteroatoms. The lowest BCUT2D eigenvalue weighted by atomic mass is 9.98. The SMILES string of the molecule is COc1cc(C)c(C(O)c2ncccc2Br)cc1C. The van der Waals surface area contributed by atoms with Gasteiger partial charge in [-0.15, -0.1) is 0 Å². The largest absolute Gasteiger partial charge is 0.496 e. The Labute approximate surface area is 121 Å². The maximum absolute atomic E-state index is 10.5. The van der Waals surface area contributed by atoms with E-state index in [0.29, 0.717) is 5.69 Å². The van der Waals surface area contributed by atoms with Gasteiger partial charge in [0.15, 0.2) is 0 Å². The van der Waals surface area contributed by atoms with Crippen LogP contribution in [0, 0.1) is 13.8 Å². The normalized spacial score (nSPS) is 12.3. The standard InChI is InChI=1S/C15H16BrNO2/c1-9-8-13(19-3)10(2)7-11(9)15(18)14-12(16)5-4-6-17-14/h4-8,15,18H,1-3H3. The van der Waals surface area contributed by atoms with Gasteiger partial charge in [-0.1, -0.05) is 0 Å². The molecule has 0 aliphatic heterocycles. The van der Waals surface area contributed by atoms with E-state index in [9.17, 15) is 5.11 Å². The molecule has 1 unspecified atom stereocenters. The second-order valence-corrected chi connectivity index (χ2v) is 5.31. The van der Waals surface area contributed by atoms with E-state index in [0.717, 1.165) is 26.9 Å². The topological polar surface area (TPSA) is 42.4 Å². The number of hydrogen-bond donors (Lipinski definition) is 1. The first-order valence-corrected chi connectivity index (χ1v) is 6.77. The van der Waals surface area contributed by atoms with Crippen molar-refractivity contribution in [1.29, 1.82) is 0 Å². The van der Waals surface area contributed by atoms with Crippen molar-refractivity contribution in [2.75, 3.05) is 7.11 Å². The summed E-state index contributed by atoms with van der Waals surface area (Å²) >= 11 is 3.42. The van der Waals surface area contributed by atoms with Gasteiger partial charge < -0.3 is 9.84 Å². The maximum atomic E-state index is 10.5. The molecule has 1 N–H and O–H groups in total. The molecule has 0 bridgehead atoms. The Kier molecular flexibility index (Phi) is 4.22. The molecular weight excluding hydrogens is 306 g/mol. The zero-order valence-electron chi connectivity index (χ0n) is 11.1. The highest BCUT2D eigenvalue weighted by Crippen LogP contribution is 2.32. The molecule has 0 fully saturated rings. The number of aryl methyl sites for hydroxylation is 2. The Morgan fingerprint density at radius 1 is 1.26 bits per heavy atom. The molecule has 0 radical (unpaired) electrons. The van der Waals surface area contributed by atoms with E-state index in [1.54, 1.807) is 13.3 Å². The zero-order chi connectivity index (χ0) is 14.0. The van der Waals surface area contributed by atoms with Crippen LogP contribution < -0.4 is 4.74 Å². The number of rotatable bonds is 3. The molecule has 0 aliphatic carbocycles. The molecule has 1 atom stereocenters. The van der Waals surface area contributed by atoms with Crippen LogP contribution in [-0.2, 0) is 0 Å². The number of aliphatic hydroxyl groups excluding tert-OH is 1. The van der Waals surface area contributed by atoms with Crippen molar-refractivity contribution < 1.29 is 9.84 Å². The Balaban J connectivity index is 2.48. The number of aliphatic hydroxyl groups is 1. The fourth-order valence-electron chi connectivity index (χ4n) is 2.07. The van der Waals surface area contributed by atoms with E-state index in [4.69, 9.17) is 4.74 Å². The molecule has 1 aromatic heterocycles. The number of methoxy groups -OCH3 is 1. The minimum atomic E-state index is -0.750. The average Bonchev–Trinajstić information content (AvgIpc) is 2.40. The first-order valence-electron chi connectivity index (χ1n) is 5.98. The van der Waals surface area contributed by atoms with Gasteiger partial charge in [0.05, 0.1) is 12.8 Å². The summed E-state index contributed by atoms with van der Waals surface area (Å²) in [6.07, 6.45) is 0.926. The summed E-state index contributed by atoms with van der Waals surface area (Å²) in [5, 5.41) is 10.5. The van der Waals surface area contributed by atoms with Gasteiger partial charge in [-0.3, -0.25) is 4.98 Å². The Morgan fingerprint density at radius 3 is 2.63 bits per heavy atom. The molecule has 0 saturated heterocycles. The monoisotopic (exact) mass is 321 g/mol. The summed E-state index contributed by atoms with van der Waals surface area (Å²) in [5.74, 6) is 0.827. The molecule has 2 aromatic rings. The third-order valence-electron chi connectivity index (χ3n) is 3.12. The second kappa shape index (κ2) is 5.72. The van der Waals surface area contributed by atoms with Crippen LogP contribution in [0.1, 0.15) is 28.5 Å². The molecule has 19 heavy (non-hydrogen) atoms. The predicted molar refractivity (Wildman–Crippen MR) is 78.5 cm³/mol. The summed E-state index contributed by atoms with van der Waals surface area (Å²) in [4.78, 5) is 4.24. The molecule has 1 heterocycles. The van der Waals surface area contributed by atoms with Crippen molar-refractivity contribution in [2.24, 2.45) is 0 Å². The summed E-state index contributed by atoms with van der Waals surface area (Å²) in [6.45, 7) is 3.92. The van der Waals surface area contributed by atoms with E-state index < -0.39 is 6.10 Å². The van der Waals surface area contributed by atoms with Crippen LogP contribution in [0.25, 0.3) is 0 Å². The fraction of sp³-hybridized carbons (Fsp3) is 0.267. The molecule has 3 nitrogen and oxygen atoms in total. The van der Waals surface area contributed by atoms with Gasteiger partial charge in [0.25, 0.3) is 0 Å². The van der Waals surface area contributed by atoms with Gasteiger partial charge in [-0.2, -0.15) is 0 Å². The molecule has 0 spiro atoms. The van der Waals surface area contributed by atoms with E-state index in [1.165, 1.54) is 0 Å². The molecule has 0 aliphatic rings. The van der Waals surface area contributed by atoms with E-state index in [1.807, 2.05) is 38.1 Å². The summed E-state index contributed by atoms with van der Waals surface area (Å²) in [5.41, 5.74) is 3.44. The van der Waals surface area contributed by atoms with Crippen molar-refractivity contribution in [1.82, 2.24) is 4.98 Å². The number of pyridine rings is 1. The summed E-state index contributed by atoms with van der Waals surface area (Å²) in [7, 11) is 1.65. The first-order chi connectivity index (χ1) is 9.04. The van der Waals surface area contributed by atoms with Gasteiger partial charge in [-0.25, -0.2) is 0 Å². The molecule has 0 amide bonds. The number of benzene rings is 1. The predicted octanol–water partition coefficient (Wildman–Crippen LogP) is 3.55. The van der Waals surface area contributed by atoms with Crippen molar-refractivity contribution in [2.45, 2.75) is 20.0 Å². The van der Waals surface area contributed by atoms with Gasteiger partial charge >= 0.3 is 0 Å². The van der Waals surface area contributed by atoms with Crippen LogP contribution in [0.15, 0.2) is 34.9 Å². The number of hydrogen-bond acceptors (Lipinski definition) is 3. The Bertz CT molecular complexity index is 599. The van der Waals surface area contributed by atoms with Crippen LogP contribution in [0.3, 0.4) is 0 Å². The van der Waals surface area contributed by atoms with Gasteiger partial charge in [0.1, 0.15) is 11.9 Å². The van der Waals surface area contributed by atoms with E-state index in [2.05, 4.69) is 20.9 Å². The molecule has 100 valence electrons. The molecule has 0 saturated carbocycles. The number of aromatic nitrogens is 1. The third kappa shape index (κ3) is 2.80. The number of halogens is 1. The number of nitrogens with zero attached hydrogens (tertiary/aromatic N) is 1. The van der Waals surface area contributed by atoms with Crippen LogP contribution >= 0.6 is 15.9 Å². The summed E-state index contributed by atoms with van der Waals surface area (Å²) < 4.78 is 6.08. The average molecular weight is 322 g/mol. The highest BCUT2D eigenvalue weighted by atomic mass is 79.9. The van der Waals surface area contributed by atoms with Crippen molar-refractivity contribution in [3.63, 3.8) is 0 Å². The van der Waals surface area contributed by atoms with Crippen molar-refractivity contribution >= 4 is 15.9 Å². The third-order valence-corrected chi connectivity index (χ3v) is 3.79. The van der Waals surface area contributed by atoms with Gasteiger partial charge in [0, 0.05) is 10.7 Å². The Morgan fingerprint density at radius 2 is 2.00 bits per heavy atom. The maximum Gasteiger partial charge on any atom is 0.122 e. The highest BCUT2D eigenvalue weighted by Gasteiger charge is 2.18. The quantitative estimate of drug-likeness (QED) is 0.940. The minimum absolute atomic E-state index is 0.621. The molecule has 1 aromatic carbocycles. The van der Waals surface area contributed by atoms with E-state index >= 15 is 0 Å². The summed E-state index contributed by atoms with van der Waals surface area (Å²) in [6, 6.07) is 7.58. The van der Waals surface area contributed by atoms with Crippen molar-refractivity contribution in [3.05, 3.63) is 57.3 Å². The molecular formula is C15H16BrNO2. The second-order valence-electron chi connectivity index (χ2n) is 4.45. The fourth-order valence-corrected chi connectivity index (χ4v) is 2.54. The first kappa shape index (κ1) is 14.0. The Hall–Kier alpha value is -1.39. The lowest BCUT2D eigenvalue weighted by Gasteiger charge is -2.17. The lowest BCUT2D eigenvalue weighted by molar-refractivity contribution is 0.213. The highest BCUT2D eigenvalue weighted by molar-refractivity contribution is 9.10. The van der Waals surface area contributed by atoms with Crippen LogP contribution in [0.4, 0.5) is 0 Å². The van der Waals surface area contributed by atoms with Crippen LogP contribution in [-0.4, -0.2) is 17.2 Å². The van der Waals surface area contributed by atoms with Crippen LogP contribution in [0.2, 0.25) is 0 Å². The van der Waals surface area contributed by atoms with Crippen molar-refractivity contribution in [3.8, 4) is 5.75 Å². The zero-order valence-corrected chi connectivity index (χ0v) is 12.7. The number of ether oxygens (including phenoxy) is 1.